The predicted molar refractivity (Wildman–Crippen MR) is 69.0 cm³/mol. The first-order valence-electron chi connectivity index (χ1n) is 5.30. The van der Waals surface area contributed by atoms with Gasteiger partial charge in [-0.25, -0.2) is 0 Å². The lowest BCUT2D eigenvalue weighted by molar-refractivity contribution is -0.384. The molecule has 6 nitrogen and oxygen atoms in total. The minimum Gasteiger partial charge on any atom is -0.340 e. The van der Waals surface area contributed by atoms with Gasteiger partial charge in [-0.15, -0.1) is 0 Å². The van der Waals surface area contributed by atoms with E-state index in [9.17, 15) is 14.9 Å². The van der Waals surface area contributed by atoms with E-state index in [2.05, 4.69) is 5.32 Å². The van der Waals surface area contributed by atoms with E-state index in [-0.39, 0.29) is 22.2 Å². The van der Waals surface area contributed by atoms with Gasteiger partial charge in [-0.1, -0.05) is 11.6 Å². The average molecular weight is 272 g/mol. The predicted octanol–water partition coefficient (Wildman–Crippen LogP) is 1.54. The fourth-order valence-electron chi connectivity index (χ4n) is 1.40. The average Bonchev–Trinajstić information content (AvgIpc) is 2.34. The van der Waals surface area contributed by atoms with Gasteiger partial charge in [0.05, 0.1) is 4.92 Å². The summed E-state index contributed by atoms with van der Waals surface area (Å²) in [5, 5.41) is 13.8. The zero-order valence-electron chi connectivity index (χ0n) is 10.1. The summed E-state index contributed by atoms with van der Waals surface area (Å²) >= 11 is 5.76. The minimum atomic E-state index is -0.573. The zero-order chi connectivity index (χ0) is 13.7. The monoisotopic (exact) mass is 271 g/mol. The summed E-state index contributed by atoms with van der Waals surface area (Å²) < 4.78 is 0. The summed E-state index contributed by atoms with van der Waals surface area (Å²) in [4.78, 5) is 23.6. The Morgan fingerprint density at radius 2 is 2.17 bits per heavy atom. The summed E-state index contributed by atoms with van der Waals surface area (Å²) in [6, 6.07) is 3.86. The van der Waals surface area contributed by atoms with Crippen LogP contribution in [-0.2, 0) is 0 Å². The van der Waals surface area contributed by atoms with Gasteiger partial charge in [0, 0.05) is 42.9 Å². The Kier molecular flexibility index (Phi) is 5.06. The molecule has 0 aliphatic carbocycles. The molecule has 0 atom stereocenters. The summed E-state index contributed by atoms with van der Waals surface area (Å²) in [7, 11) is 3.41. The quantitative estimate of drug-likeness (QED) is 0.651. The van der Waals surface area contributed by atoms with Crippen LogP contribution >= 0.6 is 11.6 Å². The SMILES string of the molecule is CNCCN(C)C(=O)c1cc(Cl)cc([N+](=O)[O-])c1. The normalized spacial score (nSPS) is 10.2. The molecule has 0 aromatic heterocycles. The maximum atomic E-state index is 12.0. The van der Waals surface area contributed by atoms with Crippen LogP contribution in [0.25, 0.3) is 0 Å². The Morgan fingerprint density at radius 3 is 2.72 bits per heavy atom. The van der Waals surface area contributed by atoms with Crippen molar-refractivity contribution in [3.63, 3.8) is 0 Å². The van der Waals surface area contributed by atoms with Gasteiger partial charge in [0.1, 0.15) is 0 Å². The topological polar surface area (TPSA) is 75.5 Å². The lowest BCUT2D eigenvalue weighted by atomic mass is 10.2. The van der Waals surface area contributed by atoms with Crippen molar-refractivity contribution >= 4 is 23.2 Å². The van der Waals surface area contributed by atoms with Crippen LogP contribution in [0.3, 0.4) is 0 Å². The summed E-state index contributed by atoms with van der Waals surface area (Å²) in [5.74, 6) is -0.296. The molecule has 1 rings (SSSR count). The van der Waals surface area contributed by atoms with Crippen LogP contribution in [-0.4, -0.2) is 42.9 Å². The third kappa shape index (κ3) is 3.68. The number of nitro benzene ring substituents is 1. The molecule has 7 heteroatoms. The van der Waals surface area contributed by atoms with E-state index in [1.807, 2.05) is 0 Å². The molecule has 0 radical (unpaired) electrons. The van der Waals surface area contributed by atoms with E-state index in [1.165, 1.54) is 23.1 Å². The van der Waals surface area contributed by atoms with Crippen LogP contribution in [0, 0.1) is 10.1 Å². The van der Waals surface area contributed by atoms with Crippen molar-refractivity contribution < 1.29 is 9.72 Å². The van der Waals surface area contributed by atoms with Crippen LogP contribution in [0.1, 0.15) is 10.4 Å². The van der Waals surface area contributed by atoms with Crippen molar-refractivity contribution in [2.24, 2.45) is 0 Å². The van der Waals surface area contributed by atoms with Gasteiger partial charge < -0.3 is 10.2 Å². The third-order valence-electron chi connectivity index (χ3n) is 2.38. The Morgan fingerprint density at radius 1 is 1.50 bits per heavy atom. The number of halogens is 1. The molecule has 1 N–H and O–H groups in total. The van der Waals surface area contributed by atoms with E-state index >= 15 is 0 Å². The number of amides is 1. The highest BCUT2D eigenvalue weighted by Gasteiger charge is 2.16. The molecular formula is C11H14ClN3O3. The van der Waals surface area contributed by atoms with Gasteiger partial charge in [-0.2, -0.15) is 0 Å². The standard InChI is InChI=1S/C11H14ClN3O3/c1-13-3-4-14(2)11(16)8-5-9(12)7-10(6-8)15(17)18/h5-7,13H,3-4H2,1-2H3. The molecule has 0 heterocycles. The first-order chi connectivity index (χ1) is 8.45. The Balaban J connectivity index is 2.95. The van der Waals surface area contributed by atoms with Crippen molar-refractivity contribution in [2.45, 2.75) is 0 Å². The van der Waals surface area contributed by atoms with Crippen molar-refractivity contribution in [2.75, 3.05) is 27.2 Å². The maximum absolute atomic E-state index is 12.0. The largest absolute Gasteiger partial charge is 0.340 e. The Hall–Kier alpha value is -1.66. The molecule has 0 spiro atoms. The molecule has 98 valence electrons. The molecular weight excluding hydrogens is 258 g/mol. The molecule has 0 bridgehead atoms. The second kappa shape index (κ2) is 6.32. The number of carbonyl (C=O) groups excluding carboxylic acids is 1. The van der Waals surface area contributed by atoms with Gasteiger partial charge >= 0.3 is 0 Å². The van der Waals surface area contributed by atoms with Crippen molar-refractivity contribution in [3.8, 4) is 0 Å². The second-order valence-electron chi connectivity index (χ2n) is 3.79. The lowest BCUT2D eigenvalue weighted by Crippen LogP contribution is -2.32. The van der Waals surface area contributed by atoms with Crippen LogP contribution in [0.4, 0.5) is 5.69 Å². The fraction of sp³-hybridized carbons (Fsp3) is 0.364. The van der Waals surface area contributed by atoms with Crippen molar-refractivity contribution in [3.05, 3.63) is 38.9 Å². The highest BCUT2D eigenvalue weighted by Crippen LogP contribution is 2.21. The van der Waals surface area contributed by atoms with E-state index in [1.54, 1.807) is 14.1 Å². The summed E-state index contributed by atoms with van der Waals surface area (Å²) in [6.07, 6.45) is 0. The Labute approximate surface area is 110 Å². The molecule has 1 amide bonds. The van der Waals surface area contributed by atoms with Gasteiger partial charge in [0.2, 0.25) is 0 Å². The van der Waals surface area contributed by atoms with Crippen LogP contribution < -0.4 is 5.32 Å². The highest BCUT2D eigenvalue weighted by molar-refractivity contribution is 6.31. The molecule has 0 unspecified atom stereocenters. The number of carbonyl (C=O) groups is 1. The number of hydrogen-bond donors (Lipinski definition) is 1. The maximum Gasteiger partial charge on any atom is 0.271 e. The first kappa shape index (κ1) is 14.4. The van der Waals surface area contributed by atoms with Crippen LogP contribution in [0.2, 0.25) is 5.02 Å². The number of nitrogens with one attached hydrogen (secondary N) is 1. The number of nitrogens with zero attached hydrogens (tertiary/aromatic N) is 2. The van der Waals surface area contributed by atoms with E-state index < -0.39 is 4.92 Å². The zero-order valence-corrected chi connectivity index (χ0v) is 10.9. The molecule has 1 aromatic carbocycles. The number of rotatable bonds is 5. The Bertz CT molecular complexity index is 465. The van der Waals surface area contributed by atoms with Gasteiger partial charge in [0.15, 0.2) is 0 Å². The first-order valence-corrected chi connectivity index (χ1v) is 5.68. The van der Waals surface area contributed by atoms with E-state index in [4.69, 9.17) is 11.6 Å². The summed E-state index contributed by atoms with van der Waals surface area (Å²) in [6.45, 7) is 1.15. The second-order valence-corrected chi connectivity index (χ2v) is 4.22. The van der Waals surface area contributed by atoms with Crippen LogP contribution in [0.15, 0.2) is 18.2 Å². The fourth-order valence-corrected chi connectivity index (χ4v) is 1.63. The molecule has 0 saturated carbocycles. The van der Waals surface area contributed by atoms with Gasteiger partial charge in [-0.3, -0.25) is 14.9 Å². The smallest absolute Gasteiger partial charge is 0.271 e. The molecule has 18 heavy (non-hydrogen) atoms. The van der Waals surface area contributed by atoms with Gasteiger partial charge in [0.25, 0.3) is 11.6 Å². The molecule has 0 saturated heterocycles. The lowest BCUT2D eigenvalue weighted by Gasteiger charge is -2.16. The number of nitro groups is 1. The molecule has 0 fully saturated rings. The van der Waals surface area contributed by atoms with E-state index in [0.717, 1.165) is 0 Å². The highest BCUT2D eigenvalue weighted by atomic mass is 35.5. The third-order valence-corrected chi connectivity index (χ3v) is 2.60. The number of hydrogen-bond acceptors (Lipinski definition) is 4. The molecule has 0 aliphatic heterocycles. The minimum absolute atomic E-state index is 0.176. The van der Waals surface area contributed by atoms with Crippen molar-refractivity contribution in [1.29, 1.82) is 0 Å². The summed E-state index contributed by atoms with van der Waals surface area (Å²) in [5.41, 5.74) is 0.0284. The van der Waals surface area contributed by atoms with Gasteiger partial charge in [-0.05, 0) is 13.1 Å². The van der Waals surface area contributed by atoms with E-state index in [0.29, 0.717) is 13.1 Å². The van der Waals surface area contributed by atoms with Crippen molar-refractivity contribution in [1.82, 2.24) is 10.2 Å². The number of non-ortho nitro benzene ring substituents is 1. The van der Waals surface area contributed by atoms with Crippen LogP contribution in [0.5, 0.6) is 0 Å². The molecule has 1 aromatic rings. The number of benzene rings is 1. The number of likely N-dealkylation sites (N-methyl/N-ethyl adjacent to an activating group) is 2. The molecule has 0 aliphatic rings.